The van der Waals surface area contributed by atoms with Crippen LogP contribution in [0.25, 0.3) is 0 Å². The van der Waals surface area contributed by atoms with Crippen LogP contribution in [-0.2, 0) is 6.54 Å². The van der Waals surface area contributed by atoms with Gasteiger partial charge in [-0.25, -0.2) is 4.39 Å². The lowest BCUT2D eigenvalue weighted by molar-refractivity contribution is 0.340. The molecule has 0 aromatic heterocycles. The highest BCUT2D eigenvalue weighted by atomic mass is 19.1. The summed E-state index contributed by atoms with van der Waals surface area (Å²) < 4.78 is 18.5. The van der Waals surface area contributed by atoms with E-state index in [-0.39, 0.29) is 5.82 Å². The fraction of sp³-hybridized carbons (Fsp3) is 0.250. The maximum absolute atomic E-state index is 13.1. The van der Waals surface area contributed by atoms with E-state index in [1.54, 1.807) is 13.0 Å². The molecule has 0 saturated heterocycles. The number of ether oxygens (including phenoxy) is 1. The minimum atomic E-state index is -0.174. The number of halogens is 1. The number of aryl methyl sites for hydroxylation is 1. The van der Waals surface area contributed by atoms with Crippen molar-refractivity contribution in [3.8, 4) is 5.75 Å². The molecule has 0 fully saturated rings. The Morgan fingerprint density at radius 2 is 1.84 bits per heavy atom. The molecule has 2 aromatic carbocycles. The van der Waals surface area contributed by atoms with Crippen molar-refractivity contribution in [1.29, 1.82) is 0 Å². The highest BCUT2D eigenvalue weighted by Gasteiger charge is 1.99. The van der Waals surface area contributed by atoms with Gasteiger partial charge in [0.15, 0.2) is 0 Å². The number of anilines is 1. The van der Waals surface area contributed by atoms with Gasteiger partial charge in [0.05, 0.1) is 6.61 Å². The molecule has 0 radical (unpaired) electrons. The summed E-state index contributed by atoms with van der Waals surface area (Å²) >= 11 is 0. The van der Waals surface area contributed by atoms with E-state index < -0.39 is 0 Å². The molecule has 0 heterocycles. The number of hydrogen-bond donors (Lipinski definition) is 1. The van der Waals surface area contributed by atoms with E-state index in [0.29, 0.717) is 18.7 Å². The molecule has 0 saturated carbocycles. The summed E-state index contributed by atoms with van der Waals surface area (Å²) in [4.78, 5) is 0. The second-order valence-corrected chi connectivity index (χ2v) is 4.39. The van der Waals surface area contributed by atoms with E-state index in [4.69, 9.17) is 4.74 Å². The molecular weight excluding hydrogens is 241 g/mol. The zero-order chi connectivity index (χ0) is 13.7. The molecule has 1 N–H and O–H groups in total. The molecular formula is C16H18FNO. The monoisotopic (exact) mass is 259 g/mol. The van der Waals surface area contributed by atoms with Gasteiger partial charge < -0.3 is 10.1 Å². The van der Waals surface area contributed by atoms with Crippen LogP contribution in [0.2, 0.25) is 0 Å². The van der Waals surface area contributed by atoms with Gasteiger partial charge in [0.1, 0.15) is 11.6 Å². The first-order valence-electron chi connectivity index (χ1n) is 6.41. The molecule has 0 spiro atoms. The summed E-state index contributed by atoms with van der Waals surface area (Å²) in [5, 5.41) is 3.27. The van der Waals surface area contributed by atoms with Crippen molar-refractivity contribution in [1.82, 2.24) is 0 Å². The average Bonchev–Trinajstić information content (AvgIpc) is 2.42. The third-order valence-corrected chi connectivity index (χ3v) is 2.89. The Balaban J connectivity index is 1.96. The Kier molecular flexibility index (Phi) is 4.39. The molecule has 2 aromatic rings. The van der Waals surface area contributed by atoms with Gasteiger partial charge in [0.2, 0.25) is 0 Å². The van der Waals surface area contributed by atoms with Crippen LogP contribution in [0.4, 0.5) is 10.1 Å². The molecule has 0 bridgehead atoms. The van der Waals surface area contributed by atoms with Gasteiger partial charge >= 0.3 is 0 Å². The number of nitrogens with one attached hydrogen (secondary N) is 1. The predicted molar refractivity (Wildman–Crippen MR) is 76.1 cm³/mol. The molecule has 0 unspecified atom stereocenters. The van der Waals surface area contributed by atoms with Crippen molar-refractivity contribution in [3.63, 3.8) is 0 Å². The van der Waals surface area contributed by atoms with Gasteiger partial charge in [-0.1, -0.05) is 12.1 Å². The van der Waals surface area contributed by atoms with Crippen LogP contribution in [0, 0.1) is 12.7 Å². The van der Waals surface area contributed by atoms with E-state index in [1.807, 2.05) is 37.3 Å². The summed E-state index contributed by atoms with van der Waals surface area (Å²) in [5.41, 5.74) is 2.73. The van der Waals surface area contributed by atoms with E-state index in [0.717, 1.165) is 17.0 Å². The van der Waals surface area contributed by atoms with Crippen molar-refractivity contribution in [2.75, 3.05) is 11.9 Å². The van der Waals surface area contributed by atoms with Crippen LogP contribution in [0.3, 0.4) is 0 Å². The molecule has 0 aliphatic rings. The van der Waals surface area contributed by atoms with Crippen LogP contribution < -0.4 is 10.1 Å². The first-order chi connectivity index (χ1) is 9.19. The number of benzene rings is 2. The fourth-order valence-electron chi connectivity index (χ4n) is 1.83. The SMILES string of the molecule is CCOc1ccc(CNc2ccc(F)c(C)c2)cc1. The molecule has 100 valence electrons. The molecule has 0 aliphatic carbocycles. The quantitative estimate of drug-likeness (QED) is 0.871. The molecule has 2 nitrogen and oxygen atoms in total. The van der Waals surface area contributed by atoms with Gasteiger partial charge in [0, 0.05) is 12.2 Å². The lowest BCUT2D eigenvalue weighted by atomic mass is 10.2. The van der Waals surface area contributed by atoms with Gasteiger partial charge in [-0.3, -0.25) is 0 Å². The first-order valence-corrected chi connectivity index (χ1v) is 6.41. The number of hydrogen-bond acceptors (Lipinski definition) is 2. The van der Waals surface area contributed by atoms with Gasteiger partial charge in [-0.2, -0.15) is 0 Å². The summed E-state index contributed by atoms with van der Waals surface area (Å²) in [6.45, 7) is 5.10. The minimum Gasteiger partial charge on any atom is -0.494 e. The molecule has 2 rings (SSSR count). The Morgan fingerprint density at radius 1 is 1.11 bits per heavy atom. The molecule has 3 heteroatoms. The van der Waals surface area contributed by atoms with Gasteiger partial charge in [-0.05, 0) is 55.3 Å². The highest BCUT2D eigenvalue weighted by molar-refractivity contribution is 5.46. The third-order valence-electron chi connectivity index (χ3n) is 2.89. The van der Waals surface area contributed by atoms with Crippen LogP contribution in [-0.4, -0.2) is 6.61 Å². The van der Waals surface area contributed by atoms with Crippen molar-refractivity contribution >= 4 is 5.69 Å². The van der Waals surface area contributed by atoms with E-state index >= 15 is 0 Å². The van der Waals surface area contributed by atoms with Crippen molar-refractivity contribution in [2.45, 2.75) is 20.4 Å². The largest absolute Gasteiger partial charge is 0.494 e. The van der Waals surface area contributed by atoms with E-state index in [1.165, 1.54) is 6.07 Å². The summed E-state index contributed by atoms with van der Waals surface area (Å²) in [6.07, 6.45) is 0. The maximum atomic E-state index is 13.1. The van der Waals surface area contributed by atoms with Crippen LogP contribution >= 0.6 is 0 Å². The number of rotatable bonds is 5. The zero-order valence-corrected chi connectivity index (χ0v) is 11.2. The highest BCUT2D eigenvalue weighted by Crippen LogP contribution is 2.16. The summed E-state index contributed by atoms with van der Waals surface area (Å²) in [6, 6.07) is 13.0. The van der Waals surface area contributed by atoms with Crippen molar-refractivity contribution in [2.24, 2.45) is 0 Å². The first kappa shape index (κ1) is 13.4. The second kappa shape index (κ2) is 6.23. The lowest BCUT2D eigenvalue weighted by Crippen LogP contribution is -2.00. The maximum Gasteiger partial charge on any atom is 0.126 e. The van der Waals surface area contributed by atoms with Crippen molar-refractivity contribution < 1.29 is 9.13 Å². The lowest BCUT2D eigenvalue weighted by Gasteiger charge is -2.09. The molecule has 0 aliphatic heterocycles. The average molecular weight is 259 g/mol. The zero-order valence-electron chi connectivity index (χ0n) is 11.2. The Morgan fingerprint density at radius 3 is 2.47 bits per heavy atom. The second-order valence-electron chi connectivity index (χ2n) is 4.39. The van der Waals surface area contributed by atoms with Crippen molar-refractivity contribution in [3.05, 3.63) is 59.4 Å². The van der Waals surface area contributed by atoms with E-state index in [2.05, 4.69) is 5.32 Å². The molecule has 0 atom stereocenters. The summed E-state index contributed by atoms with van der Waals surface area (Å²) in [5.74, 6) is 0.704. The Labute approximate surface area is 113 Å². The van der Waals surface area contributed by atoms with Gasteiger partial charge in [0.25, 0.3) is 0 Å². The predicted octanol–water partition coefficient (Wildman–Crippen LogP) is 4.14. The van der Waals surface area contributed by atoms with Gasteiger partial charge in [-0.15, -0.1) is 0 Å². The Hall–Kier alpha value is -2.03. The Bertz CT molecular complexity index is 537. The normalized spacial score (nSPS) is 10.3. The summed E-state index contributed by atoms with van der Waals surface area (Å²) in [7, 11) is 0. The third kappa shape index (κ3) is 3.71. The van der Waals surface area contributed by atoms with E-state index in [9.17, 15) is 4.39 Å². The van der Waals surface area contributed by atoms with Crippen LogP contribution in [0.5, 0.6) is 5.75 Å². The molecule has 19 heavy (non-hydrogen) atoms. The topological polar surface area (TPSA) is 21.3 Å². The smallest absolute Gasteiger partial charge is 0.126 e. The minimum absolute atomic E-state index is 0.174. The fourth-order valence-corrected chi connectivity index (χ4v) is 1.83. The van der Waals surface area contributed by atoms with Crippen LogP contribution in [0.1, 0.15) is 18.1 Å². The van der Waals surface area contributed by atoms with Crippen LogP contribution in [0.15, 0.2) is 42.5 Å². The molecule has 0 amide bonds. The standard InChI is InChI=1S/C16H18FNO/c1-3-19-15-7-4-13(5-8-15)11-18-14-6-9-16(17)12(2)10-14/h4-10,18H,3,11H2,1-2H3.